The summed E-state index contributed by atoms with van der Waals surface area (Å²) < 4.78 is 16.0. The molecule has 1 aromatic carbocycles. The number of esters is 1. The molecule has 1 fully saturated rings. The molecule has 4 N–H and O–H groups in total. The molecule has 0 saturated carbocycles. The Bertz CT molecular complexity index is 610. The van der Waals surface area contributed by atoms with Gasteiger partial charge in [-0.05, 0) is 17.7 Å². The molecule has 3 atom stereocenters. The summed E-state index contributed by atoms with van der Waals surface area (Å²) in [6, 6.07) is 5.16. The van der Waals surface area contributed by atoms with Gasteiger partial charge in [-0.25, -0.2) is 4.79 Å². The van der Waals surface area contributed by atoms with Crippen LogP contribution in [0.15, 0.2) is 18.2 Å². The zero-order valence-electron chi connectivity index (χ0n) is 21.0. The third-order valence-electron chi connectivity index (χ3n) is 3.56. The zero-order chi connectivity index (χ0) is 25.7. The third-order valence-corrected chi connectivity index (χ3v) is 3.56. The summed E-state index contributed by atoms with van der Waals surface area (Å²) in [5.74, 6) is -1.05. The molecule has 0 aromatic heterocycles. The van der Waals surface area contributed by atoms with E-state index in [1.807, 2.05) is 41.5 Å². The van der Waals surface area contributed by atoms with Gasteiger partial charge in [0, 0.05) is 33.9 Å². The number of anilines is 1. The van der Waals surface area contributed by atoms with E-state index < -0.39 is 24.5 Å². The quantitative estimate of drug-likeness (QED) is 0.466. The molecule has 1 saturated heterocycles. The van der Waals surface area contributed by atoms with Gasteiger partial charge >= 0.3 is 11.9 Å². The van der Waals surface area contributed by atoms with Crippen molar-refractivity contribution in [2.75, 3.05) is 19.5 Å². The van der Waals surface area contributed by atoms with E-state index in [9.17, 15) is 14.7 Å². The van der Waals surface area contributed by atoms with Crippen molar-refractivity contribution in [1.29, 1.82) is 0 Å². The molecule has 2 rings (SSSR count). The lowest BCUT2D eigenvalue weighted by atomic mass is 10.1. The Morgan fingerprint density at radius 3 is 2.12 bits per heavy atom. The van der Waals surface area contributed by atoms with Crippen LogP contribution in [0.5, 0.6) is 5.75 Å². The van der Waals surface area contributed by atoms with E-state index in [0.29, 0.717) is 11.4 Å². The Hall–Kier alpha value is -2.36. The molecular formula is C23H43NO8. The van der Waals surface area contributed by atoms with Gasteiger partial charge in [-0.15, -0.1) is 0 Å². The number of carbonyl (C=O) groups is 2. The third kappa shape index (κ3) is 13.8. The van der Waals surface area contributed by atoms with Crippen LogP contribution in [0.2, 0.25) is 0 Å². The number of ether oxygens (including phenoxy) is 3. The van der Waals surface area contributed by atoms with Gasteiger partial charge in [0.25, 0.3) is 0 Å². The summed E-state index contributed by atoms with van der Waals surface area (Å²) in [7, 11) is 2.70. The van der Waals surface area contributed by atoms with Gasteiger partial charge < -0.3 is 34.8 Å². The summed E-state index contributed by atoms with van der Waals surface area (Å²) in [5.41, 5.74) is 1.41. The number of aliphatic carboxylic acids is 1. The molecular weight excluding hydrogens is 418 g/mol. The molecule has 0 spiro atoms. The number of aliphatic hydroxyl groups excluding tert-OH is 2. The van der Waals surface area contributed by atoms with Crippen LogP contribution in [-0.4, -0.2) is 59.9 Å². The highest BCUT2D eigenvalue weighted by Crippen LogP contribution is 2.30. The summed E-state index contributed by atoms with van der Waals surface area (Å²) in [4.78, 5) is 21.9. The monoisotopic (exact) mass is 461 g/mol. The number of hydrogen-bond acceptors (Lipinski definition) is 8. The second-order valence-electron chi connectivity index (χ2n) is 5.50. The highest BCUT2D eigenvalue weighted by molar-refractivity contribution is 5.72. The van der Waals surface area contributed by atoms with Gasteiger partial charge in [-0.2, -0.15) is 0 Å². The molecule has 0 bridgehead atoms. The van der Waals surface area contributed by atoms with Crippen LogP contribution in [0.4, 0.5) is 5.69 Å². The van der Waals surface area contributed by atoms with Gasteiger partial charge in [0.1, 0.15) is 12.4 Å². The summed E-state index contributed by atoms with van der Waals surface area (Å²) in [5, 5.41) is 28.8. The second-order valence-corrected chi connectivity index (χ2v) is 5.50. The Morgan fingerprint density at radius 1 is 1.09 bits per heavy atom. The molecule has 32 heavy (non-hydrogen) atoms. The number of aliphatic hydroxyl groups is 2. The van der Waals surface area contributed by atoms with Crippen LogP contribution >= 0.6 is 0 Å². The number of carboxylic acid groups (broad SMARTS) is 1. The minimum Gasteiger partial charge on any atom is -0.479 e. The lowest BCUT2D eigenvalue weighted by Crippen LogP contribution is -2.42. The average Bonchev–Trinajstić information content (AvgIpc) is 2.83. The smallest absolute Gasteiger partial charge is 0.333 e. The normalized spacial score (nSPS) is 18.3. The van der Waals surface area contributed by atoms with E-state index in [-0.39, 0.29) is 25.4 Å². The largest absolute Gasteiger partial charge is 0.479 e. The van der Waals surface area contributed by atoms with Crippen LogP contribution in [0.3, 0.4) is 0 Å². The molecule has 1 heterocycles. The Kier molecular flexibility index (Phi) is 23.4. The molecule has 0 aliphatic carbocycles. The van der Waals surface area contributed by atoms with Gasteiger partial charge in [-0.3, -0.25) is 4.79 Å². The highest BCUT2D eigenvalue weighted by Gasteiger charge is 2.34. The van der Waals surface area contributed by atoms with Gasteiger partial charge in [0.05, 0.1) is 11.8 Å². The fourth-order valence-electron chi connectivity index (χ4n) is 2.39. The first-order valence-electron chi connectivity index (χ1n) is 11.0. The van der Waals surface area contributed by atoms with Gasteiger partial charge in [0.15, 0.2) is 6.10 Å². The lowest BCUT2D eigenvalue weighted by Gasteiger charge is -2.31. The molecule has 1 aliphatic rings. The number of rotatable bonds is 6. The molecule has 0 unspecified atom stereocenters. The SMILES string of the molecule is CC.CC.CC.CNc1cc(COC(C)=O)ccc1O[C@H]1C[C@@H](O)C[C@@H](C(=O)O)O1.CO. The predicted octanol–water partition coefficient (Wildman–Crippen LogP) is 3.81. The maximum absolute atomic E-state index is 11.0. The van der Waals surface area contributed by atoms with Crippen molar-refractivity contribution in [3.63, 3.8) is 0 Å². The Labute approximate surface area is 192 Å². The molecule has 1 aliphatic heterocycles. The Balaban J connectivity index is -0.000000945. The molecule has 9 heteroatoms. The van der Waals surface area contributed by atoms with Crippen molar-refractivity contribution in [2.45, 2.75) is 86.4 Å². The van der Waals surface area contributed by atoms with Crippen LogP contribution in [0.25, 0.3) is 0 Å². The summed E-state index contributed by atoms with van der Waals surface area (Å²) >= 11 is 0. The minimum atomic E-state index is -1.13. The maximum atomic E-state index is 11.0. The van der Waals surface area contributed by atoms with Crippen LogP contribution in [0, 0.1) is 0 Å². The number of carbonyl (C=O) groups excluding carboxylic acids is 1. The molecule has 0 radical (unpaired) electrons. The van der Waals surface area contributed by atoms with E-state index in [0.717, 1.165) is 12.7 Å². The van der Waals surface area contributed by atoms with Crippen LogP contribution < -0.4 is 10.1 Å². The first kappa shape index (κ1) is 34.3. The lowest BCUT2D eigenvalue weighted by molar-refractivity contribution is -0.195. The topological polar surface area (TPSA) is 135 Å². The number of carboxylic acids is 1. The molecule has 9 nitrogen and oxygen atoms in total. The van der Waals surface area contributed by atoms with Crippen molar-refractivity contribution in [3.05, 3.63) is 23.8 Å². The van der Waals surface area contributed by atoms with E-state index in [2.05, 4.69) is 5.32 Å². The van der Waals surface area contributed by atoms with Crippen molar-refractivity contribution >= 4 is 17.6 Å². The fraction of sp³-hybridized carbons (Fsp3) is 0.652. The van der Waals surface area contributed by atoms with Gasteiger partial charge in [-0.1, -0.05) is 47.6 Å². The molecule has 0 amide bonds. The van der Waals surface area contributed by atoms with Crippen molar-refractivity contribution in [3.8, 4) is 5.75 Å². The number of benzene rings is 1. The standard InChI is InChI=1S/C16H21NO7.3C2H6.CH4O/c1-9(18)22-8-10-3-4-13(12(5-10)17-2)23-15-7-11(19)6-14(24-15)16(20)21;4*1-2/h3-5,11,14-15,17,19H,6-8H2,1-2H3,(H,20,21);3*1-2H3;2H,1H3/t11-,14-,15+;;;;/m0..../s1. The predicted molar refractivity (Wildman–Crippen MR) is 126 cm³/mol. The first-order valence-corrected chi connectivity index (χ1v) is 11.0. The zero-order valence-corrected chi connectivity index (χ0v) is 21.0. The second kappa shape index (κ2) is 21.9. The average molecular weight is 462 g/mol. The number of hydrogen-bond donors (Lipinski definition) is 4. The molecule has 188 valence electrons. The van der Waals surface area contributed by atoms with Crippen molar-refractivity contribution < 1.29 is 39.1 Å². The highest BCUT2D eigenvalue weighted by atomic mass is 16.7. The minimum absolute atomic E-state index is 0.0371. The van der Waals surface area contributed by atoms with Crippen molar-refractivity contribution in [1.82, 2.24) is 0 Å². The summed E-state index contributed by atoms with van der Waals surface area (Å²) in [6.07, 6.45) is -2.54. The van der Waals surface area contributed by atoms with E-state index in [1.54, 1.807) is 25.2 Å². The van der Waals surface area contributed by atoms with Crippen molar-refractivity contribution in [2.24, 2.45) is 0 Å². The summed E-state index contributed by atoms with van der Waals surface area (Å²) in [6.45, 7) is 13.5. The first-order chi connectivity index (χ1) is 15.4. The number of nitrogens with one attached hydrogen (secondary N) is 1. The van der Waals surface area contributed by atoms with Crippen LogP contribution in [0.1, 0.15) is 66.9 Å². The van der Waals surface area contributed by atoms with Crippen LogP contribution in [-0.2, 0) is 25.7 Å². The fourth-order valence-corrected chi connectivity index (χ4v) is 2.39. The van der Waals surface area contributed by atoms with E-state index in [4.69, 9.17) is 24.4 Å². The van der Waals surface area contributed by atoms with E-state index in [1.165, 1.54) is 6.92 Å². The van der Waals surface area contributed by atoms with E-state index >= 15 is 0 Å². The Morgan fingerprint density at radius 2 is 1.66 bits per heavy atom. The molecule has 1 aromatic rings. The van der Waals surface area contributed by atoms with Gasteiger partial charge in [0.2, 0.25) is 6.29 Å². The maximum Gasteiger partial charge on any atom is 0.333 e.